The van der Waals surface area contributed by atoms with E-state index >= 15 is 0 Å². The summed E-state index contributed by atoms with van der Waals surface area (Å²) < 4.78 is 16.1. The van der Waals surface area contributed by atoms with E-state index in [0.29, 0.717) is 22.6 Å². The van der Waals surface area contributed by atoms with E-state index in [0.717, 1.165) is 5.39 Å². The Kier molecular flexibility index (Phi) is 3.36. The number of rotatable bonds is 4. The molecule has 4 heteroatoms. The number of carbonyl (C=O) groups excluding carboxylic acids is 1. The zero-order valence-electron chi connectivity index (χ0n) is 11.8. The number of para-hydroxylation sites is 2. The smallest absolute Gasteiger partial charge is 0.232 e. The third-order valence-corrected chi connectivity index (χ3v) is 3.30. The molecule has 4 nitrogen and oxygen atoms in total. The van der Waals surface area contributed by atoms with Crippen LogP contribution in [0.4, 0.5) is 0 Å². The Morgan fingerprint density at radius 3 is 2.52 bits per heavy atom. The minimum atomic E-state index is -0.234. The van der Waals surface area contributed by atoms with Crippen molar-refractivity contribution in [1.82, 2.24) is 0 Å². The van der Waals surface area contributed by atoms with E-state index in [1.54, 1.807) is 24.3 Å². The zero-order valence-corrected chi connectivity index (χ0v) is 11.8. The fraction of sp³-hybridized carbons (Fsp3) is 0.118. The number of ether oxygens (including phenoxy) is 2. The van der Waals surface area contributed by atoms with Gasteiger partial charge in [-0.1, -0.05) is 24.3 Å². The van der Waals surface area contributed by atoms with Crippen molar-refractivity contribution in [2.75, 3.05) is 14.2 Å². The van der Waals surface area contributed by atoms with Gasteiger partial charge in [0.25, 0.3) is 0 Å². The average Bonchev–Trinajstić information content (AvgIpc) is 2.97. The van der Waals surface area contributed by atoms with Crippen LogP contribution in [0, 0.1) is 0 Å². The molecular weight excluding hydrogens is 268 g/mol. The number of ketones is 1. The average molecular weight is 282 g/mol. The molecule has 2 aromatic carbocycles. The van der Waals surface area contributed by atoms with Crippen molar-refractivity contribution in [3.8, 4) is 11.5 Å². The van der Waals surface area contributed by atoms with E-state index in [2.05, 4.69) is 0 Å². The normalized spacial score (nSPS) is 10.6. The van der Waals surface area contributed by atoms with Crippen molar-refractivity contribution >= 4 is 16.8 Å². The first-order valence-corrected chi connectivity index (χ1v) is 6.49. The molecule has 0 saturated carbocycles. The molecule has 0 unspecified atom stereocenters. The van der Waals surface area contributed by atoms with Crippen molar-refractivity contribution in [3.63, 3.8) is 0 Å². The lowest BCUT2D eigenvalue weighted by Crippen LogP contribution is -2.04. The van der Waals surface area contributed by atoms with E-state index < -0.39 is 0 Å². The van der Waals surface area contributed by atoms with Crippen LogP contribution in [-0.2, 0) is 0 Å². The van der Waals surface area contributed by atoms with E-state index in [-0.39, 0.29) is 11.5 Å². The van der Waals surface area contributed by atoms with E-state index in [4.69, 9.17) is 13.9 Å². The molecule has 0 radical (unpaired) electrons. The summed E-state index contributed by atoms with van der Waals surface area (Å²) in [7, 11) is 3.04. The van der Waals surface area contributed by atoms with Crippen LogP contribution in [0.25, 0.3) is 11.0 Å². The molecule has 0 N–H and O–H groups in total. The first kappa shape index (κ1) is 13.2. The van der Waals surface area contributed by atoms with Gasteiger partial charge in [0.15, 0.2) is 17.3 Å². The molecule has 1 heterocycles. The van der Waals surface area contributed by atoms with Gasteiger partial charge in [-0.15, -0.1) is 0 Å². The van der Waals surface area contributed by atoms with Crippen LogP contribution in [-0.4, -0.2) is 20.0 Å². The van der Waals surface area contributed by atoms with E-state index in [1.165, 1.54) is 14.2 Å². The molecule has 0 atom stereocenters. The number of furan rings is 1. The van der Waals surface area contributed by atoms with E-state index in [9.17, 15) is 4.79 Å². The van der Waals surface area contributed by atoms with Crippen LogP contribution in [0.2, 0.25) is 0 Å². The number of hydrogen-bond acceptors (Lipinski definition) is 4. The standard InChI is InChI=1S/C17H14O4/c1-19-14-9-5-7-12(17(14)20-2)16(18)15-10-11-6-3-4-8-13(11)21-15/h3-10H,1-2H3. The van der Waals surface area contributed by atoms with Crippen LogP contribution in [0.5, 0.6) is 11.5 Å². The molecule has 106 valence electrons. The first-order chi connectivity index (χ1) is 10.2. The summed E-state index contributed by atoms with van der Waals surface area (Å²) in [4.78, 5) is 12.6. The number of hydrogen-bond donors (Lipinski definition) is 0. The highest BCUT2D eigenvalue weighted by atomic mass is 16.5. The van der Waals surface area contributed by atoms with Gasteiger partial charge in [0.05, 0.1) is 19.8 Å². The van der Waals surface area contributed by atoms with Gasteiger partial charge in [-0.3, -0.25) is 4.79 Å². The largest absolute Gasteiger partial charge is 0.493 e. The van der Waals surface area contributed by atoms with Gasteiger partial charge >= 0.3 is 0 Å². The predicted octanol–water partition coefficient (Wildman–Crippen LogP) is 3.68. The van der Waals surface area contributed by atoms with Crippen LogP contribution < -0.4 is 9.47 Å². The predicted molar refractivity (Wildman–Crippen MR) is 79.2 cm³/mol. The first-order valence-electron chi connectivity index (χ1n) is 6.49. The molecule has 0 bridgehead atoms. The molecule has 0 spiro atoms. The summed E-state index contributed by atoms with van der Waals surface area (Å²) >= 11 is 0. The summed E-state index contributed by atoms with van der Waals surface area (Å²) in [6.07, 6.45) is 0. The van der Waals surface area contributed by atoms with Crippen molar-refractivity contribution in [2.24, 2.45) is 0 Å². The highest BCUT2D eigenvalue weighted by Gasteiger charge is 2.21. The van der Waals surface area contributed by atoms with Gasteiger partial charge in [-0.05, 0) is 24.3 Å². The summed E-state index contributed by atoms with van der Waals surface area (Å²) in [6, 6.07) is 14.4. The number of fused-ring (bicyclic) bond motifs is 1. The quantitative estimate of drug-likeness (QED) is 0.685. The molecule has 0 amide bonds. The minimum Gasteiger partial charge on any atom is -0.493 e. The van der Waals surface area contributed by atoms with Crippen molar-refractivity contribution in [2.45, 2.75) is 0 Å². The Labute approximate surface area is 121 Å². The van der Waals surface area contributed by atoms with Gasteiger partial charge in [-0.2, -0.15) is 0 Å². The molecule has 3 rings (SSSR count). The van der Waals surface area contributed by atoms with Crippen LogP contribution >= 0.6 is 0 Å². The molecule has 0 saturated heterocycles. The van der Waals surface area contributed by atoms with Gasteiger partial charge in [0.1, 0.15) is 5.58 Å². The fourth-order valence-electron chi connectivity index (χ4n) is 2.29. The lowest BCUT2D eigenvalue weighted by atomic mass is 10.1. The Balaban J connectivity index is 2.09. The van der Waals surface area contributed by atoms with Gasteiger partial charge in [0, 0.05) is 5.39 Å². The number of methoxy groups -OCH3 is 2. The molecular formula is C17H14O4. The number of benzene rings is 2. The van der Waals surface area contributed by atoms with Crippen LogP contribution in [0.15, 0.2) is 52.9 Å². The van der Waals surface area contributed by atoms with Crippen molar-refractivity contribution in [3.05, 3.63) is 59.9 Å². The third kappa shape index (κ3) is 2.25. The summed E-state index contributed by atoms with van der Waals surface area (Å²) in [5.74, 6) is 0.967. The minimum absolute atomic E-state index is 0.234. The van der Waals surface area contributed by atoms with Crippen molar-refractivity contribution in [1.29, 1.82) is 0 Å². The fourth-order valence-corrected chi connectivity index (χ4v) is 2.29. The van der Waals surface area contributed by atoms with Gasteiger partial charge < -0.3 is 13.9 Å². The van der Waals surface area contributed by atoms with Crippen molar-refractivity contribution < 1.29 is 18.7 Å². The molecule has 21 heavy (non-hydrogen) atoms. The Hall–Kier alpha value is -2.75. The lowest BCUT2D eigenvalue weighted by Gasteiger charge is -2.10. The number of carbonyl (C=O) groups is 1. The zero-order chi connectivity index (χ0) is 14.8. The maximum Gasteiger partial charge on any atom is 0.232 e. The highest BCUT2D eigenvalue weighted by Crippen LogP contribution is 2.33. The SMILES string of the molecule is COc1cccc(C(=O)c2cc3ccccc3o2)c1OC. The molecule has 0 fully saturated rings. The maximum absolute atomic E-state index is 12.6. The second-order valence-electron chi connectivity index (χ2n) is 4.52. The second kappa shape index (κ2) is 5.32. The van der Waals surface area contributed by atoms with Crippen LogP contribution in [0.3, 0.4) is 0 Å². The molecule has 0 aliphatic heterocycles. The second-order valence-corrected chi connectivity index (χ2v) is 4.52. The molecule has 0 aliphatic carbocycles. The maximum atomic E-state index is 12.6. The summed E-state index contributed by atoms with van der Waals surface area (Å²) in [6.45, 7) is 0. The Bertz CT molecular complexity index is 768. The molecule has 1 aromatic heterocycles. The summed E-state index contributed by atoms with van der Waals surface area (Å²) in [5.41, 5.74) is 1.10. The molecule has 0 aliphatic rings. The highest BCUT2D eigenvalue weighted by molar-refractivity contribution is 6.11. The Morgan fingerprint density at radius 2 is 1.81 bits per heavy atom. The van der Waals surface area contributed by atoms with Gasteiger partial charge in [-0.25, -0.2) is 0 Å². The Morgan fingerprint density at radius 1 is 1.00 bits per heavy atom. The van der Waals surface area contributed by atoms with Gasteiger partial charge in [0.2, 0.25) is 5.78 Å². The lowest BCUT2D eigenvalue weighted by molar-refractivity contribution is 0.101. The molecule has 3 aromatic rings. The van der Waals surface area contributed by atoms with E-state index in [1.807, 2.05) is 24.3 Å². The van der Waals surface area contributed by atoms with Crippen LogP contribution in [0.1, 0.15) is 16.1 Å². The third-order valence-electron chi connectivity index (χ3n) is 3.30. The summed E-state index contributed by atoms with van der Waals surface area (Å²) in [5, 5.41) is 0.891. The topological polar surface area (TPSA) is 48.7 Å². The monoisotopic (exact) mass is 282 g/mol.